The summed E-state index contributed by atoms with van der Waals surface area (Å²) in [5.74, 6) is 0. The molecule has 90 valence electrons. The summed E-state index contributed by atoms with van der Waals surface area (Å²) in [4.78, 5) is 0. The van der Waals surface area contributed by atoms with Crippen LogP contribution in [0.15, 0.2) is 0 Å². The number of rotatable bonds is 3. The van der Waals surface area contributed by atoms with Crippen LogP contribution in [0.2, 0.25) is 0 Å². The van der Waals surface area contributed by atoms with Gasteiger partial charge in [0, 0.05) is 7.11 Å². The molecular weight excluding hydrogens is 202 g/mol. The van der Waals surface area contributed by atoms with Gasteiger partial charge in [0.25, 0.3) is 0 Å². The fraction of sp³-hybridized carbons (Fsp3) is 1.00. The number of aliphatic hydroxyl groups excluding tert-OH is 3. The molecule has 0 amide bonds. The molecule has 0 bridgehead atoms. The molecule has 0 radical (unpaired) electrons. The van der Waals surface area contributed by atoms with Gasteiger partial charge in [-0.2, -0.15) is 0 Å². The minimum atomic E-state index is -1.20. The number of nitrogens with one attached hydrogen (secondary N) is 1. The molecule has 0 spiro atoms. The van der Waals surface area contributed by atoms with Gasteiger partial charge in [0.2, 0.25) is 0 Å². The van der Waals surface area contributed by atoms with Crippen molar-refractivity contribution in [3.05, 3.63) is 0 Å². The maximum absolute atomic E-state index is 9.82. The van der Waals surface area contributed by atoms with E-state index in [2.05, 4.69) is 5.32 Å². The standard InChI is InChI=1S/C9H19NO5/c1-9(4-11)7(13)6(12)5(10-2)8(14-3)15-9/h5-8,10-13H,4H2,1-3H3/t5?,6?,7-,8-,9?/m1/s1. The van der Waals surface area contributed by atoms with E-state index in [1.165, 1.54) is 14.0 Å². The predicted molar refractivity (Wildman–Crippen MR) is 52.2 cm³/mol. The topological polar surface area (TPSA) is 91.2 Å². The molecule has 0 aromatic heterocycles. The molecule has 4 N–H and O–H groups in total. The molecule has 0 aromatic carbocycles. The lowest BCUT2D eigenvalue weighted by Gasteiger charge is -2.47. The van der Waals surface area contributed by atoms with Crippen molar-refractivity contribution in [1.29, 1.82) is 0 Å². The van der Waals surface area contributed by atoms with E-state index in [1.54, 1.807) is 7.05 Å². The highest BCUT2D eigenvalue weighted by atomic mass is 16.7. The molecule has 5 atom stereocenters. The molecule has 6 heteroatoms. The molecule has 0 saturated carbocycles. The molecule has 1 saturated heterocycles. The molecule has 1 fully saturated rings. The number of likely N-dealkylation sites (N-methyl/N-ethyl adjacent to an activating group) is 1. The smallest absolute Gasteiger partial charge is 0.175 e. The zero-order valence-electron chi connectivity index (χ0n) is 9.17. The summed E-state index contributed by atoms with van der Waals surface area (Å²) in [5.41, 5.74) is -1.20. The van der Waals surface area contributed by atoms with Gasteiger partial charge in [-0.3, -0.25) is 0 Å². The largest absolute Gasteiger partial charge is 0.393 e. The third-order valence-corrected chi connectivity index (χ3v) is 2.88. The van der Waals surface area contributed by atoms with Gasteiger partial charge in [-0.05, 0) is 14.0 Å². The van der Waals surface area contributed by atoms with Crippen molar-refractivity contribution in [3.8, 4) is 0 Å². The molecule has 1 rings (SSSR count). The molecule has 6 nitrogen and oxygen atoms in total. The number of hydrogen-bond acceptors (Lipinski definition) is 6. The molecule has 1 aliphatic heterocycles. The van der Waals surface area contributed by atoms with Gasteiger partial charge in [-0.15, -0.1) is 0 Å². The van der Waals surface area contributed by atoms with Crippen LogP contribution in [0.4, 0.5) is 0 Å². The fourth-order valence-electron chi connectivity index (χ4n) is 1.76. The van der Waals surface area contributed by atoms with Crippen LogP contribution >= 0.6 is 0 Å². The van der Waals surface area contributed by atoms with Crippen LogP contribution in [0.3, 0.4) is 0 Å². The van der Waals surface area contributed by atoms with E-state index in [9.17, 15) is 10.2 Å². The maximum Gasteiger partial charge on any atom is 0.175 e. The number of ether oxygens (including phenoxy) is 2. The summed E-state index contributed by atoms with van der Waals surface area (Å²) in [7, 11) is 3.08. The Labute approximate surface area is 88.8 Å². The minimum absolute atomic E-state index is 0.387. The number of hydrogen-bond donors (Lipinski definition) is 4. The molecule has 0 aromatic rings. The van der Waals surface area contributed by atoms with Crippen LogP contribution in [0.5, 0.6) is 0 Å². The number of aliphatic hydroxyl groups is 3. The van der Waals surface area contributed by atoms with Crippen molar-refractivity contribution in [3.63, 3.8) is 0 Å². The zero-order chi connectivity index (χ0) is 11.6. The quantitative estimate of drug-likeness (QED) is 0.443. The van der Waals surface area contributed by atoms with Crippen LogP contribution in [-0.4, -0.2) is 66.2 Å². The maximum atomic E-state index is 9.82. The molecule has 0 aliphatic carbocycles. The lowest BCUT2D eigenvalue weighted by Crippen LogP contribution is -2.67. The van der Waals surface area contributed by atoms with Crippen molar-refractivity contribution < 1.29 is 24.8 Å². The third-order valence-electron chi connectivity index (χ3n) is 2.88. The first-order valence-electron chi connectivity index (χ1n) is 4.85. The van der Waals surface area contributed by atoms with E-state index >= 15 is 0 Å². The molecule has 1 heterocycles. The van der Waals surface area contributed by atoms with Crippen molar-refractivity contribution in [2.24, 2.45) is 0 Å². The predicted octanol–water partition coefficient (Wildman–Crippen LogP) is -1.95. The van der Waals surface area contributed by atoms with Crippen LogP contribution < -0.4 is 5.32 Å². The van der Waals surface area contributed by atoms with Crippen LogP contribution in [0, 0.1) is 0 Å². The van der Waals surface area contributed by atoms with E-state index < -0.39 is 30.1 Å². The SMILES string of the molecule is CNC1C(O)[C@@H](O)C(C)(CO)O[C@H]1OC. The van der Waals surface area contributed by atoms with Gasteiger partial charge >= 0.3 is 0 Å². The average molecular weight is 221 g/mol. The van der Waals surface area contributed by atoms with Crippen LogP contribution in [-0.2, 0) is 9.47 Å². The van der Waals surface area contributed by atoms with E-state index in [0.29, 0.717) is 0 Å². The van der Waals surface area contributed by atoms with E-state index in [-0.39, 0.29) is 6.61 Å². The Bertz CT molecular complexity index is 211. The summed E-state index contributed by atoms with van der Waals surface area (Å²) in [5, 5.41) is 31.5. The second-order valence-corrected chi connectivity index (χ2v) is 3.94. The molecule has 1 aliphatic rings. The first kappa shape index (κ1) is 12.8. The average Bonchev–Trinajstić information content (AvgIpc) is 2.25. The highest BCUT2D eigenvalue weighted by molar-refractivity contribution is 4.99. The Morgan fingerprint density at radius 3 is 2.47 bits per heavy atom. The second-order valence-electron chi connectivity index (χ2n) is 3.94. The Hall–Kier alpha value is -0.240. The first-order valence-corrected chi connectivity index (χ1v) is 4.85. The number of methoxy groups -OCH3 is 1. The van der Waals surface area contributed by atoms with Crippen molar-refractivity contribution in [1.82, 2.24) is 5.32 Å². The van der Waals surface area contributed by atoms with Gasteiger partial charge in [0.1, 0.15) is 17.8 Å². The van der Waals surface area contributed by atoms with Gasteiger partial charge in [-0.1, -0.05) is 0 Å². The third kappa shape index (κ3) is 2.15. The summed E-state index contributed by atoms with van der Waals surface area (Å²) in [6, 6.07) is -0.523. The Kier molecular flexibility index (Phi) is 4.05. The van der Waals surface area contributed by atoms with E-state index in [4.69, 9.17) is 14.6 Å². The van der Waals surface area contributed by atoms with Crippen LogP contribution in [0.25, 0.3) is 0 Å². The van der Waals surface area contributed by atoms with Crippen molar-refractivity contribution >= 4 is 0 Å². The Morgan fingerprint density at radius 2 is 2.07 bits per heavy atom. The Morgan fingerprint density at radius 1 is 1.47 bits per heavy atom. The fourth-order valence-corrected chi connectivity index (χ4v) is 1.76. The van der Waals surface area contributed by atoms with E-state index in [1.807, 2.05) is 0 Å². The molecule has 3 unspecified atom stereocenters. The highest BCUT2D eigenvalue weighted by Gasteiger charge is 2.50. The van der Waals surface area contributed by atoms with Gasteiger partial charge in [-0.25, -0.2) is 0 Å². The zero-order valence-corrected chi connectivity index (χ0v) is 9.17. The minimum Gasteiger partial charge on any atom is -0.393 e. The molecular formula is C9H19NO5. The second kappa shape index (κ2) is 4.73. The first-order chi connectivity index (χ1) is 7.00. The van der Waals surface area contributed by atoms with E-state index in [0.717, 1.165) is 0 Å². The molecule has 15 heavy (non-hydrogen) atoms. The van der Waals surface area contributed by atoms with Gasteiger partial charge in [0.05, 0.1) is 12.6 Å². The highest BCUT2D eigenvalue weighted by Crippen LogP contribution is 2.29. The summed E-state index contributed by atoms with van der Waals surface area (Å²) in [6.07, 6.45) is -2.91. The Balaban J connectivity index is 2.87. The monoisotopic (exact) mass is 221 g/mol. The van der Waals surface area contributed by atoms with Gasteiger partial charge < -0.3 is 30.1 Å². The summed E-state index contributed by atoms with van der Waals surface area (Å²) < 4.78 is 10.5. The van der Waals surface area contributed by atoms with Gasteiger partial charge in [0.15, 0.2) is 6.29 Å². The summed E-state index contributed by atoms with van der Waals surface area (Å²) in [6.45, 7) is 1.14. The van der Waals surface area contributed by atoms with Crippen LogP contribution in [0.1, 0.15) is 6.92 Å². The normalized spacial score (nSPS) is 46.8. The lowest BCUT2D eigenvalue weighted by atomic mass is 9.87. The van der Waals surface area contributed by atoms with Crippen molar-refractivity contribution in [2.75, 3.05) is 20.8 Å². The lowest BCUT2D eigenvalue weighted by molar-refractivity contribution is -0.301. The summed E-state index contributed by atoms with van der Waals surface area (Å²) >= 11 is 0. The van der Waals surface area contributed by atoms with Crippen molar-refractivity contribution in [2.45, 2.75) is 37.1 Å².